The summed E-state index contributed by atoms with van der Waals surface area (Å²) in [5.41, 5.74) is 1.44. The maximum Gasteiger partial charge on any atom is 0.228 e. The van der Waals surface area contributed by atoms with E-state index in [4.69, 9.17) is 10.4 Å². The summed E-state index contributed by atoms with van der Waals surface area (Å²) in [6.07, 6.45) is 0.244. The minimum absolute atomic E-state index is 0.106. The van der Waals surface area contributed by atoms with Gasteiger partial charge < -0.3 is 5.11 Å². The molecule has 0 saturated carbocycles. The summed E-state index contributed by atoms with van der Waals surface area (Å²) in [6, 6.07) is 8.79. The Morgan fingerprint density at radius 1 is 1.45 bits per heavy atom. The van der Waals surface area contributed by atoms with E-state index < -0.39 is 15.3 Å². The number of nitrogens with one attached hydrogen (secondary N) is 1. The summed E-state index contributed by atoms with van der Waals surface area (Å²) in [5.74, 6) is 5.27. The first-order valence-corrected chi connectivity index (χ1v) is 7.65. The van der Waals surface area contributed by atoms with Gasteiger partial charge in [0.15, 0.2) is 5.25 Å². The van der Waals surface area contributed by atoms with Crippen LogP contribution in [0.5, 0.6) is 0 Å². The van der Waals surface area contributed by atoms with Gasteiger partial charge in [0, 0.05) is 12.1 Å². The van der Waals surface area contributed by atoms with Crippen LogP contribution in [0.15, 0.2) is 24.3 Å². The van der Waals surface area contributed by atoms with Gasteiger partial charge in [-0.15, -0.1) is 0 Å². The molecule has 0 amide bonds. The standard InChI is InChI=1S/C14H16N2O3S/c1-2-14(10-15)20(18,19)16-11-13-6-3-5-12(9-13)7-4-8-17/h3,5-6,9,14,16-17H,2,8,11H2,1H3. The second-order valence-electron chi connectivity index (χ2n) is 4.05. The molecule has 106 valence electrons. The highest BCUT2D eigenvalue weighted by Crippen LogP contribution is 2.07. The molecule has 0 aromatic heterocycles. The number of aliphatic hydroxyl groups excluding tert-OH is 1. The smallest absolute Gasteiger partial charge is 0.228 e. The molecule has 1 rings (SSSR count). The lowest BCUT2D eigenvalue weighted by Crippen LogP contribution is -2.32. The van der Waals surface area contributed by atoms with Crippen molar-refractivity contribution < 1.29 is 13.5 Å². The highest BCUT2D eigenvalue weighted by molar-refractivity contribution is 7.90. The molecule has 20 heavy (non-hydrogen) atoms. The Morgan fingerprint density at radius 2 is 2.20 bits per heavy atom. The van der Waals surface area contributed by atoms with Crippen LogP contribution in [0.4, 0.5) is 0 Å². The van der Waals surface area contributed by atoms with Crippen molar-refractivity contribution in [3.63, 3.8) is 0 Å². The predicted molar refractivity (Wildman–Crippen MR) is 75.9 cm³/mol. The van der Waals surface area contributed by atoms with Crippen molar-refractivity contribution in [2.75, 3.05) is 6.61 Å². The van der Waals surface area contributed by atoms with Gasteiger partial charge >= 0.3 is 0 Å². The van der Waals surface area contributed by atoms with Crippen LogP contribution in [-0.4, -0.2) is 25.4 Å². The fourth-order valence-electron chi connectivity index (χ4n) is 1.57. The second-order valence-corrected chi connectivity index (χ2v) is 6.00. The van der Waals surface area contributed by atoms with E-state index >= 15 is 0 Å². The monoisotopic (exact) mass is 292 g/mol. The SMILES string of the molecule is CCC(C#N)S(=O)(=O)NCc1cccc(C#CCO)c1. The molecule has 5 nitrogen and oxygen atoms in total. The highest BCUT2D eigenvalue weighted by atomic mass is 32.2. The number of sulfonamides is 1. The van der Waals surface area contributed by atoms with Crippen LogP contribution in [0, 0.1) is 23.2 Å². The Labute approximate surface area is 119 Å². The fourth-order valence-corrected chi connectivity index (χ4v) is 2.71. The maximum atomic E-state index is 11.8. The Morgan fingerprint density at radius 3 is 2.80 bits per heavy atom. The van der Waals surface area contributed by atoms with Crippen molar-refractivity contribution in [3.8, 4) is 17.9 Å². The Hall–Kier alpha value is -1.86. The second kappa shape index (κ2) is 7.66. The molecule has 0 bridgehead atoms. The van der Waals surface area contributed by atoms with Crippen LogP contribution in [0.3, 0.4) is 0 Å². The number of benzene rings is 1. The third-order valence-corrected chi connectivity index (χ3v) is 4.34. The number of hydrogen-bond donors (Lipinski definition) is 2. The van der Waals surface area contributed by atoms with Crippen LogP contribution in [0.1, 0.15) is 24.5 Å². The van der Waals surface area contributed by atoms with Crippen molar-refractivity contribution in [3.05, 3.63) is 35.4 Å². The molecule has 0 heterocycles. The molecule has 0 spiro atoms. The molecule has 1 unspecified atom stereocenters. The number of nitrogens with zero attached hydrogens (tertiary/aromatic N) is 1. The van der Waals surface area contributed by atoms with Crippen molar-refractivity contribution in [1.29, 1.82) is 5.26 Å². The summed E-state index contributed by atoms with van der Waals surface area (Å²) >= 11 is 0. The van der Waals surface area contributed by atoms with Crippen LogP contribution in [0.2, 0.25) is 0 Å². The van der Waals surface area contributed by atoms with E-state index in [0.717, 1.165) is 5.56 Å². The van der Waals surface area contributed by atoms with E-state index in [0.29, 0.717) is 5.56 Å². The van der Waals surface area contributed by atoms with Crippen molar-refractivity contribution in [2.45, 2.75) is 25.1 Å². The van der Waals surface area contributed by atoms with Crippen LogP contribution < -0.4 is 4.72 Å². The average Bonchev–Trinajstić information content (AvgIpc) is 2.44. The van der Waals surface area contributed by atoms with E-state index in [9.17, 15) is 8.42 Å². The van der Waals surface area contributed by atoms with Crippen molar-refractivity contribution in [1.82, 2.24) is 4.72 Å². The van der Waals surface area contributed by atoms with Gasteiger partial charge in [-0.1, -0.05) is 30.9 Å². The Bertz CT molecular complexity index is 651. The Balaban J connectivity index is 2.78. The normalized spacial score (nSPS) is 12.1. The zero-order valence-electron chi connectivity index (χ0n) is 11.1. The Kier molecular flexibility index (Phi) is 6.20. The van der Waals surface area contributed by atoms with Gasteiger partial charge in [-0.3, -0.25) is 0 Å². The van der Waals surface area contributed by atoms with E-state index in [1.54, 1.807) is 37.3 Å². The first-order valence-electron chi connectivity index (χ1n) is 6.10. The highest BCUT2D eigenvalue weighted by Gasteiger charge is 2.22. The molecule has 0 aliphatic rings. The third kappa shape index (κ3) is 4.67. The van der Waals surface area contributed by atoms with Crippen molar-refractivity contribution >= 4 is 10.0 Å². The van der Waals surface area contributed by atoms with Gasteiger partial charge in [-0.2, -0.15) is 5.26 Å². The zero-order chi connectivity index (χ0) is 15.0. The van der Waals surface area contributed by atoms with Crippen LogP contribution in [0.25, 0.3) is 0 Å². The molecule has 1 aromatic carbocycles. The average molecular weight is 292 g/mol. The first kappa shape index (κ1) is 16.2. The van der Waals surface area contributed by atoms with Gasteiger partial charge in [0.1, 0.15) is 6.61 Å². The number of aliphatic hydroxyl groups is 1. The van der Waals surface area contributed by atoms with Crippen molar-refractivity contribution in [2.24, 2.45) is 0 Å². The van der Waals surface area contributed by atoms with Crippen LogP contribution >= 0.6 is 0 Å². The van der Waals surface area contributed by atoms with Gasteiger partial charge in [-0.05, 0) is 24.1 Å². The summed E-state index contributed by atoms with van der Waals surface area (Å²) < 4.78 is 26.1. The van der Waals surface area contributed by atoms with Gasteiger partial charge in [0.25, 0.3) is 0 Å². The number of hydrogen-bond acceptors (Lipinski definition) is 4. The minimum Gasteiger partial charge on any atom is -0.384 e. The molecule has 0 radical (unpaired) electrons. The third-order valence-electron chi connectivity index (χ3n) is 2.61. The summed E-state index contributed by atoms with van der Waals surface area (Å²) in [5, 5.41) is 16.4. The molecular formula is C14H16N2O3S. The molecular weight excluding hydrogens is 276 g/mol. The molecule has 0 fully saturated rings. The lowest BCUT2D eigenvalue weighted by atomic mass is 10.1. The van der Waals surface area contributed by atoms with E-state index in [2.05, 4.69) is 16.6 Å². The zero-order valence-corrected chi connectivity index (χ0v) is 11.9. The lowest BCUT2D eigenvalue weighted by Gasteiger charge is -2.10. The van der Waals surface area contributed by atoms with E-state index in [1.807, 2.05) is 0 Å². The van der Waals surface area contributed by atoms with E-state index in [-0.39, 0.29) is 19.6 Å². The summed E-state index contributed by atoms with van der Waals surface area (Å²) in [6.45, 7) is 1.53. The predicted octanol–water partition coefficient (Wildman–Crippen LogP) is 0.752. The summed E-state index contributed by atoms with van der Waals surface area (Å²) in [4.78, 5) is 0. The summed E-state index contributed by atoms with van der Waals surface area (Å²) in [7, 11) is -3.64. The topological polar surface area (TPSA) is 90.2 Å². The number of rotatable bonds is 5. The molecule has 0 aliphatic carbocycles. The fraction of sp³-hybridized carbons (Fsp3) is 0.357. The minimum atomic E-state index is -3.64. The van der Waals surface area contributed by atoms with Gasteiger partial charge in [0.05, 0.1) is 6.07 Å². The first-order chi connectivity index (χ1) is 9.53. The molecule has 0 aliphatic heterocycles. The lowest BCUT2D eigenvalue weighted by molar-refractivity contribution is 0.350. The molecule has 0 saturated heterocycles. The van der Waals surface area contributed by atoms with E-state index in [1.165, 1.54) is 0 Å². The molecule has 1 aromatic rings. The number of nitriles is 1. The quantitative estimate of drug-likeness (QED) is 0.784. The van der Waals surface area contributed by atoms with Gasteiger partial charge in [-0.25, -0.2) is 13.1 Å². The van der Waals surface area contributed by atoms with Gasteiger partial charge in [0.2, 0.25) is 10.0 Å². The largest absolute Gasteiger partial charge is 0.384 e. The van der Waals surface area contributed by atoms with Crippen LogP contribution in [-0.2, 0) is 16.6 Å². The molecule has 2 N–H and O–H groups in total. The molecule has 1 atom stereocenters. The molecule has 6 heteroatoms. The maximum absolute atomic E-state index is 11.8.